The van der Waals surface area contributed by atoms with Crippen molar-refractivity contribution in [2.75, 3.05) is 4.90 Å². The van der Waals surface area contributed by atoms with Gasteiger partial charge in [0.2, 0.25) is 0 Å². The molecule has 2 aliphatic carbocycles. The Morgan fingerprint density at radius 2 is 1.10 bits per heavy atom. The molecule has 7 aromatic carbocycles. The van der Waals surface area contributed by atoms with Crippen LogP contribution in [0.5, 0.6) is 0 Å². The highest BCUT2D eigenvalue weighted by Crippen LogP contribution is 2.57. The average molecular weight is 770 g/mol. The molecule has 0 amide bonds. The van der Waals surface area contributed by atoms with Crippen LogP contribution in [0.1, 0.15) is 103 Å². The molecular weight excluding hydrogens is 719 g/mol. The van der Waals surface area contributed by atoms with Gasteiger partial charge in [-0.15, -0.1) is 0 Å². The molecule has 0 atom stereocenters. The average Bonchev–Trinajstić information content (AvgIpc) is 3.88. The monoisotopic (exact) mass is 769 g/mol. The minimum absolute atomic E-state index is 0.00239. The molecule has 0 radical (unpaired) electrons. The number of rotatable bonds is 3. The van der Waals surface area contributed by atoms with Crippen molar-refractivity contribution < 1.29 is 8.83 Å². The molecule has 2 aliphatic rings. The first-order chi connectivity index (χ1) is 28.0. The zero-order valence-electron chi connectivity index (χ0n) is 35.9. The van der Waals surface area contributed by atoms with Crippen molar-refractivity contribution >= 4 is 60.9 Å². The van der Waals surface area contributed by atoms with E-state index in [1.807, 2.05) is 6.07 Å². The summed E-state index contributed by atoms with van der Waals surface area (Å²) in [5, 5.41) is 4.64. The molecule has 292 valence electrons. The van der Waals surface area contributed by atoms with E-state index in [-0.39, 0.29) is 21.7 Å². The van der Waals surface area contributed by atoms with E-state index in [4.69, 9.17) is 8.83 Å². The van der Waals surface area contributed by atoms with Crippen LogP contribution in [0.3, 0.4) is 0 Å². The number of anilines is 3. The van der Waals surface area contributed by atoms with Crippen molar-refractivity contribution in [2.24, 2.45) is 0 Å². The predicted octanol–water partition coefficient (Wildman–Crippen LogP) is 16.2. The molecule has 9 aromatic rings. The van der Waals surface area contributed by atoms with E-state index in [2.05, 4.69) is 195 Å². The lowest BCUT2D eigenvalue weighted by molar-refractivity contribution is 0.559. The van der Waals surface area contributed by atoms with Gasteiger partial charge in [0, 0.05) is 55.4 Å². The molecule has 0 aliphatic heterocycles. The molecule has 0 saturated heterocycles. The van der Waals surface area contributed by atoms with E-state index in [9.17, 15) is 0 Å². The summed E-state index contributed by atoms with van der Waals surface area (Å²) in [4.78, 5) is 2.48. The predicted molar refractivity (Wildman–Crippen MR) is 248 cm³/mol. The Morgan fingerprint density at radius 1 is 0.441 bits per heavy atom. The standard InChI is InChI=1S/C56H51NO2/c1-53(2,3)32-26-42-41-30-40-39-18-15-20-47(51(39)56(9,10)45(40)31-50(41)59-52(42)46(27-32)54(4,5)6)57(34-23-25-38-37-17-12-14-21-48(37)58-49(38)29-34)33-22-24-36-35-16-11-13-19-43(35)55(7,8)44(36)28-33/h11-31H,1-10H3. The van der Waals surface area contributed by atoms with Gasteiger partial charge < -0.3 is 13.7 Å². The molecule has 0 unspecified atom stereocenters. The van der Waals surface area contributed by atoms with E-state index in [1.165, 1.54) is 72.1 Å². The molecule has 3 nitrogen and oxygen atoms in total. The lowest BCUT2D eigenvalue weighted by Crippen LogP contribution is -2.21. The number of fused-ring (bicyclic) bond motifs is 12. The van der Waals surface area contributed by atoms with Crippen molar-refractivity contribution in [3.8, 4) is 22.3 Å². The number of para-hydroxylation sites is 1. The Morgan fingerprint density at radius 3 is 1.90 bits per heavy atom. The minimum atomic E-state index is -0.328. The van der Waals surface area contributed by atoms with Crippen molar-refractivity contribution in [2.45, 2.75) is 90.9 Å². The zero-order valence-corrected chi connectivity index (χ0v) is 35.9. The fraction of sp³-hybridized carbons (Fsp3) is 0.250. The summed E-state index contributed by atoms with van der Waals surface area (Å²) in [6.07, 6.45) is 0. The Labute approximate surface area is 347 Å². The van der Waals surface area contributed by atoms with Gasteiger partial charge >= 0.3 is 0 Å². The van der Waals surface area contributed by atoms with Gasteiger partial charge in [-0.3, -0.25) is 0 Å². The van der Waals surface area contributed by atoms with Crippen LogP contribution in [0, 0.1) is 0 Å². The Bertz CT molecular complexity index is 3240. The maximum Gasteiger partial charge on any atom is 0.139 e. The van der Waals surface area contributed by atoms with Gasteiger partial charge in [0.15, 0.2) is 0 Å². The van der Waals surface area contributed by atoms with Crippen molar-refractivity contribution in [1.29, 1.82) is 0 Å². The third kappa shape index (κ3) is 5.06. The van der Waals surface area contributed by atoms with E-state index in [0.29, 0.717) is 0 Å². The van der Waals surface area contributed by atoms with E-state index >= 15 is 0 Å². The Hall–Kier alpha value is -6.06. The molecule has 0 saturated carbocycles. The second-order valence-corrected chi connectivity index (χ2v) is 20.2. The Balaban J connectivity index is 1.15. The van der Waals surface area contributed by atoms with Crippen LogP contribution in [0.25, 0.3) is 66.1 Å². The van der Waals surface area contributed by atoms with Gasteiger partial charge in [0.25, 0.3) is 0 Å². The van der Waals surface area contributed by atoms with Crippen LogP contribution in [0.4, 0.5) is 17.1 Å². The van der Waals surface area contributed by atoms with Crippen LogP contribution < -0.4 is 4.90 Å². The van der Waals surface area contributed by atoms with Gasteiger partial charge in [-0.05, 0) is 115 Å². The van der Waals surface area contributed by atoms with Crippen molar-refractivity contribution in [3.63, 3.8) is 0 Å². The number of benzene rings is 7. The van der Waals surface area contributed by atoms with Crippen LogP contribution in [-0.4, -0.2) is 0 Å². The quantitative estimate of drug-likeness (QED) is 0.179. The molecule has 2 aromatic heterocycles. The molecular formula is C56H51NO2. The van der Waals surface area contributed by atoms with E-state index in [1.54, 1.807) is 0 Å². The molecule has 0 N–H and O–H groups in total. The van der Waals surface area contributed by atoms with Gasteiger partial charge in [0.05, 0.1) is 5.69 Å². The summed E-state index contributed by atoms with van der Waals surface area (Å²) in [5.41, 5.74) is 19.7. The first-order valence-electron chi connectivity index (χ1n) is 21.2. The summed E-state index contributed by atoms with van der Waals surface area (Å²) < 4.78 is 13.5. The van der Waals surface area contributed by atoms with Gasteiger partial charge in [-0.25, -0.2) is 0 Å². The van der Waals surface area contributed by atoms with Gasteiger partial charge in [-0.1, -0.05) is 136 Å². The largest absolute Gasteiger partial charge is 0.456 e. The number of hydrogen-bond acceptors (Lipinski definition) is 3. The molecule has 0 fully saturated rings. The maximum atomic E-state index is 6.95. The second kappa shape index (κ2) is 11.8. The normalized spacial score (nSPS) is 15.2. The minimum Gasteiger partial charge on any atom is -0.456 e. The highest BCUT2D eigenvalue weighted by molar-refractivity contribution is 6.10. The zero-order chi connectivity index (χ0) is 41.0. The molecule has 0 spiro atoms. The van der Waals surface area contributed by atoms with Crippen LogP contribution >= 0.6 is 0 Å². The highest BCUT2D eigenvalue weighted by Gasteiger charge is 2.41. The molecule has 0 bridgehead atoms. The molecule has 3 heteroatoms. The smallest absolute Gasteiger partial charge is 0.139 e. The van der Waals surface area contributed by atoms with E-state index < -0.39 is 0 Å². The van der Waals surface area contributed by atoms with Crippen LogP contribution in [0.2, 0.25) is 0 Å². The summed E-state index contributed by atoms with van der Waals surface area (Å²) >= 11 is 0. The Kier molecular flexibility index (Phi) is 7.20. The summed E-state index contributed by atoms with van der Waals surface area (Å²) in [6, 6.07) is 47.4. The SMILES string of the molecule is CC(C)(C)c1cc(C(C)(C)C)c2oc3cc4c(cc3c2c1)-c1cccc(N(c2ccc3c(c2)C(C)(C)c2ccccc2-3)c2ccc3c(c2)oc2ccccc23)c1C4(C)C. The summed E-state index contributed by atoms with van der Waals surface area (Å²) in [6.45, 7) is 23.3. The summed E-state index contributed by atoms with van der Waals surface area (Å²) in [7, 11) is 0. The number of nitrogens with zero attached hydrogens (tertiary/aromatic N) is 1. The topological polar surface area (TPSA) is 29.5 Å². The lowest BCUT2D eigenvalue weighted by Gasteiger charge is -2.33. The fourth-order valence-corrected chi connectivity index (χ4v) is 10.5. The first kappa shape index (κ1) is 36.1. The molecule has 2 heterocycles. The highest BCUT2D eigenvalue weighted by atomic mass is 16.3. The maximum absolute atomic E-state index is 6.95. The van der Waals surface area contributed by atoms with Gasteiger partial charge in [-0.2, -0.15) is 0 Å². The first-order valence-corrected chi connectivity index (χ1v) is 21.2. The van der Waals surface area contributed by atoms with Crippen molar-refractivity contribution in [1.82, 2.24) is 0 Å². The number of hydrogen-bond donors (Lipinski definition) is 0. The van der Waals surface area contributed by atoms with Crippen LogP contribution in [-0.2, 0) is 21.7 Å². The number of furan rings is 2. The fourth-order valence-electron chi connectivity index (χ4n) is 10.5. The van der Waals surface area contributed by atoms with Gasteiger partial charge in [0.1, 0.15) is 22.3 Å². The molecule has 11 rings (SSSR count). The third-order valence-corrected chi connectivity index (χ3v) is 13.7. The third-order valence-electron chi connectivity index (χ3n) is 13.7. The second-order valence-electron chi connectivity index (χ2n) is 20.2. The summed E-state index contributed by atoms with van der Waals surface area (Å²) in [5.74, 6) is 0. The van der Waals surface area contributed by atoms with E-state index in [0.717, 1.165) is 44.5 Å². The lowest BCUT2D eigenvalue weighted by atomic mass is 9.79. The molecule has 59 heavy (non-hydrogen) atoms. The van der Waals surface area contributed by atoms with Crippen molar-refractivity contribution in [3.05, 3.63) is 161 Å². The van der Waals surface area contributed by atoms with Crippen LogP contribution in [0.15, 0.2) is 136 Å².